The van der Waals surface area contributed by atoms with Gasteiger partial charge in [-0.05, 0) is 56.0 Å². The van der Waals surface area contributed by atoms with Crippen LogP contribution in [-0.2, 0) is 26.0 Å². The number of carbonyl (C=O) groups is 2. The number of aliphatic hydroxyl groups excluding tert-OH is 1. The Balaban J connectivity index is 1.65. The van der Waals surface area contributed by atoms with Crippen LogP contribution in [0.15, 0.2) is 47.4 Å². The molecular formula is C27H37N3O9S. The van der Waals surface area contributed by atoms with E-state index in [0.717, 1.165) is 11.3 Å². The Morgan fingerprint density at radius 3 is 2.23 bits per heavy atom. The Kier molecular flexibility index (Phi) is 11.1. The molecule has 13 heteroatoms. The highest BCUT2D eigenvalue weighted by Gasteiger charge is 2.37. The number of benzene rings is 2. The van der Waals surface area contributed by atoms with Crippen LogP contribution >= 0.6 is 0 Å². The molecule has 0 bridgehead atoms. The van der Waals surface area contributed by atoms with Crippen LogP contribution in [0.5, 0.6) is 17.2 Å². The maximum absolute atomic E-state index is 13.4. The molecular weight excluding hydrogens is 542 g/mol. The molecule has 220 valence electrons. The predicted molar refractivity (Wildman–Crippen MR) is 145 cm³/mol. The van der Waals surface area contributed by atoms with Gasteiger partial charge in [-0.2, -0.15) is 4.31 Å². The minimum atomic E-state index is -3.87. The van der Waals surface area contributed by atoms with Gasteiger partial charge in [-0.15, -0.1) is 0 Å². The lowest BCUT2D eigenvalue weighted by Gasteiger charge is -2.36. The zero-order valence-corrected chi connectivity index (χ0v) is 23.7. The zero-order chi connectivity index (χ0) is 29.3. The number of piperazine rings is 1. The molecule has 2 aromatic carbocycles. The first-order valence-electron chi connectivity index (χ1n) is 13.0. The van der Waals surface area contributed by atoms with Crippen molar-refractivity contribution in [3.8, 4) is 17.2 Å². The molecule has 3 N–H and O–H groups in total. The molecule has 40 heavy (non-hydrogen) atoms. The van der Waals surface area contributed by atoms with Gasteiger partial charge in [-0.3, -0.25) is 14.8 Å². The number of aryl methyl sites for hydroxylation is 1. The number of aliphatic hydroxyl groups is 1. The van der Waals surface area contributed by atoms with Crippen molar-refractivity contribution in [2.75, 3.05) is 47.0 Å². The van der Waals surface area contributed by atoms with E-state index in [1.165, 1.54) is 47.1 Å². The molecule has 2 aromatic rings. The number of hydroxylamine groups is 1. The summed E-state index contributed by atoms with van der Waals surface area (Å²) < 4.78 is 43.6. The molecule has 1 aliphatic heterocycles. The summed E-state index contributed by atoms with van der Waals surface area (Å²) >= 11 is 0. The molecule has 0 spiro atoms. The average molecular weight is 580 g/mol. The fourth-order valence-electron chi connectivity index (χ4n) is 4.62. The van der Waals surface area contributed by atoms with Gasteiger partial charge < -0.3 is 24.2 Å². The van der Waals surface area contributed by atoms with Gasteiger partial charge in [0.1, 0.15) is 11.9 Å². The van der Waals surface area contributed by atoms with E-state index in [4.69, 9.17) is 19.4 Å². The summed E-state index contributed by atoms with van der Waals surface area (Å²) in [4.78, 5) is 26.9. The van der Waals surface area contributed by atoms with E-state index in [0.29, 0.717) is 25.2 Å². The third-order valence-corrected chi connectivity index (χ3v) is 8.73. The fourth-order valence-corrected chi connectivity index (χ4v) is 6.06. The van der Waals surface area contributed by atoms with Gasteiger partial charge in [0.15, 0.2) is 11.5 Å². The molecule has 2 amide bonds. The van der Waals surface area contributed by atoms with Crippen molar-refractivity contribution in [3.63, 3.8) is 0 Å². The van der Waals surface area contributed by atoms with Gasteiger partial charge in [0.05, 0.1) is 31.6 Å². The van der Waals surface area contributed by atoms with Crippen molar-refractivity contribution >= 4 is 21.8 Å². The maximum atomic E-state index is 13.4. The Labute approximate surface area is 234 Å². The number of methoxy groups -OCH3 is 2. The Morgan fingerprint density at radius 1 is 1.00 bits per heavy atom. The summed E-state index contributed by atoms with van der Waals surface area (Å²) in [6, 6.07) is 11.9. The van der Waals surface area contributed by atoms with E-state index in [2.05, 4.69) is 0 Å². The van der Waals surface area contributed by atoms with Crippen LogP contribution in [0.1, 0.15) is 25.3 Å². The predicted octanol–water partition coefficient (Wildman–Crippen LogP) is 1.44. The smallest absolute Gasteiger partial charge is 0.272 e. The molecule has 12 nitrogen and oxygen atoms in total. The van der Waals surface area contributed by atoms with Gasteiger partial charge in [-0.25, -0.2) is 13.9 Å². The van der Waals surface area contributed by atoms with Crippen LogP contribution in [0, 0.1) is 5.92 Å². The summed E-state index contributed by atoms with van der Waals surface area (Å²) in [5.41, 5.74) is 2.42. The highest BCUT2D eigenvalue weighted by molar-refractivity contribution is 7.89. The third kappa shape index (κ3) is 7.42. The molecule has 1 heterocycles. The lowest BCUT2D eigenvalue weighted by molar-refractivity contribution is -0.151. The van der Waals surface area contributed by atoms with Crippen LogP contribution in [0.25, 0.3) is 0 Å². The number of hydrogen-bond acceptors (Lipinski definition) is 9. The van der Waals surface area contributed by atoms with Crippen molar-refractivity contribution in [2.24, 2.45) is 5.92 Å². The second kappa shape index (κ2) is 14.3. The lowest BCUT2D eigenvalue weighted by atomic mass is 9.92. The molecule has 1 saturated heterocycles. The average Bonchev–Trinajstić information content (AvgIpc) is 2.98. The number of rotatable bonds is 13. The molecule has 0 saturated carbocycles. The largest absolute Gasteiger partial charge is 0.494 e. The normalized spacial score (nSPS) is 15.7. The highest BCUT2D eigenvalue weighted by atomic mass is 32.2. The first-order valence-corrected chi connectivity index (χ1v) is 14.4. The second-order valence-electron chi connectivity index (χ2n) is 9.24. The summed E-state index contributed by atoms with van der Waals surface area (Å²) in [6.07, 6.45) is -0.481. The standard InChI is InChI=1S/C27H37N3O9S/c1-4-39-20-10-8-19(9-11-20)6-5-7-22(25(31)26(32)28-34)27(33)29-14-16-30(17-15-29)40(35,36)21-12-13-23(37-2)24(18-21)38-3/h8-13,18,22,25,31,34H,4-7,14-17H2,1-3H3,(H,28,32)/t22-,25+/m1/s1. The summed E-state index contributed by atoms with van der Waals surface area (Å²) in [7, 11) is -1.000. The molecule has 3 rings (SSSR count). The van der Waals surface area contributed by atoms with Crippen LogP contribution in [-0.4, -0.2) is 92.9 Å². The maximum Gasteiger partial charge on any atom is 0.272 e. The van der Waals surface area contributed by atoms with Crippen LogP contribution < -0.4 is 19.7 Å². The third-order valence-electron chi connectivity index (χ3n) is 6.84. The fraction of sp³-hybridized carbons (Fsp3) is 0.481. The number of carbonyl (C=O) groups excluding carboxylic acids is 2. The first-order chi connectivity index (χ1) is 19.2. The SMILES string of the molecule is CCOc1ccc(CCC[C@@H](C(=O)N2CCN(S(=O)(=O)c3ccc(OC)c(OC)c3)CC2)[C@H](O)C(=O)NO)cc1. The van der Waals surface area contributed by atoms with E-state index in [-0.39, 0.29) is 43.2 Å². The van der Waals surface area contributed by atoms with Gasteiger partial charge in [0.25, 0.3) is 5.91 Å². The van der Waals surface area contributed by atoms with Crippen molar-refractivity contribution < 1.29 is 42.5 Å². The van der Waals surface area contributed by atoms with Crippen molar-refractivity contribution in [3.05, 3.63) is 48.0 Å². The number of amides is 2. The summed E-state index contributed by atoms with van der Waals surface area (Å²) in [5, 5.41) is 19.6. The molecule has 2 atom stereocenters. The highest BCUT2D eigenvalue weighted by Crippen LogP contribution is 2.31. The van der Waals surface area contributed by atoms with E-state index in [1.807, 2.05) is 31.2 Å². The monoisotopic (exact) mass is 579 g/mol. The second-order valence-corrected chi connectivity index (χ2v) is 11.2. The van der Waals surface area contributed by atoms with E-state index >= 15 is 0 Å². The minimum Gasteiger partial charge on any atom is -0.494 e. The first kappa shape index (κ1) is 31.1. The summed E-state index contributed by atoms with van der Waals surface area (Å²) in [6.45, 7) is 2.68. The van der Waals surface area contributed by atoms with Crippen molar-refractivity contribution in [1.82, 2.24) is 14.7 Å². The molecule has 1 fully saturated rings. The van der Waals surface area contributed by atoms with Gasteiger partial charge in [0.2, 0.25) is 15.9 Å². The van der Waals surface area contributed by atoms with Gasteiger partial charge in [0, 0.05) is 32.2 Å². The van der Waals surface area contributed by atoms with Crippen LogP contribution in [0.3, 0.4) is 0 Å². The topological polar surface area (TPSA) is 155 Å². The molecule has 1 aliphatic rings. The van der Waals surface area contributed by atoms with E-state index < -0.39 is 33.9 Å². The van der Waals surface area contributed by atoms with Crippen LogP contribution in [0.2, 0.25) is 0 Å². The number of nitrogens with zero attached hydrogens (tertiary/aromatic N) is 2. The van der Waals surface area contributed by atoms with Crippen molar-refractivity contribution in [2.45, 2.75) is 37.2 Å². The van der Waals surface area contributed by atoms with E-state index in [1.54, 1.807) is 0 Å². The molecule has 0 aliphatic carbocycles. The number of ether oxygens (including phenoxy) is 3. The van der Waals surface area contributed by atoms with Crippen molar-refractivity contribution in [1.29, 1.82) is 0 Å². The van der Waals surface area contributed by atoms with Gasteiger partial charge in [-0.1, -0.05) is 12.1 Å². The van der Waals surface area contributed by atoms with E-state index in [9.17, 15) is 23.1 Å². The molecule has 0 radical (unpaired) electrons. The van der Waals surface area contributed by atoms with Crippen LogP contribution in [0.4, 0.5) is 0 Å². The quantitative estimate of drug-likeness (QED) is 0.236. The number of sulfonamides is 1. The Hall–Kier alpha value is -3.39. The molecule has 0 aromatic heterocycles. The van der Waals surface area contributed by atoms with Gasteiger partial charge >= 0.3 is 0 Å². The Morgan fingerprint density at radius 2 is 1.65 bits per heavy atom. The minimum absolute atomic E-state index is 0.0314. The number of nitrogens with one attached hydrogen (secondary N) is 1. The molecule has 0 unspecified atom stereocenters. The zero-order valence-electron chi connectivity index (χ0n) is 22.9. The Bertz CT molecular complexity index is 1250. The lowest BCUT2D eigenvalue weighted by Crippen LogP contribution is -2.54. The number of hydrogen-bond donors (Lipinski definition) is 3. The summed E-state index contributed by atoms with van der Waals surface area (Å²) in [5.74, 6) is -1.23.